The highest BCUT2D eigenvalue weighted by atomic mass is 32.2. The van der Waals surface area contributed by atoms with Gasteiger partial charge in [0.05, 0.1) is 11.2 Å². The van der Waals surface area contributed by atoms with Crippen LogP contribution in [-0.4, -0.2) is 45.9 Å². The summed E-state index contributed by atoms with van der Waals surface area (Å²) in [5.74, 6) is 0. The topological polar surface area (TPSA) is 65.2 Å². The Kier molecular flexibility index (Phi) is 1.84. The number of fused-ring (bicyclic) bond motifs is 1. The first-order valence-electron chi connectivity index (χ1n) is 11.1. The molecule has 0 spiro atoms. The quantitative estimate of drug-likeness (QED) is 0.846. The van der Waals surface area contributed by atoms with Crippen molar-refractivity contribution in [1.82, 2.24) is 14.6 Å². The predicted octanol–water partition coefficient (Wildman–Crippen LogP) is 1.32. The Hall–Kier alpha value is -1.37. The van der Waals surface area contributed by atoms with Gasteiger partial charge in [0.25, 0.3) is 0 Å². The number of rotatable bonds is 6. The van der Waals surface area contributed by atoms with Gasteiger partial charge in [-0.1, -0.05) is 6.04 Å². The number of hydrogen-bond acceptors (Lipinski definition) is 3. The van der Waals surface area contributed by atoms with Crippen LogP contribution in [0.15, 0.2) is 24.3 Å². The molecular weight excluding hydrogens is 274 g/mol. The second kappa shape index (κ2) is 5.95. The highest BCUT2D eigenvalue weighted by Gasteiger charge is 2.11. The molecule has 0 bridgehead atoms. The molecular formula is C14H21N3O2S. The van der Waals surface area contributed by atoms with E-state index in [2.05, 4.69) is 4.98 Å². The maximum absolute atomic E-state index is 12.5. The van der Waals surface area contributed by atoms with Gasteiger partial charge in [0.15, 0.2) is 0 Å². The van der Waals surface area contributed by atoms with Gasteiger partial charge in [-0.2, -0.15) is 0 Å². The van der Waals surface area contributed by atoms with E-state index >= 15 is 0 Å². The second-order valence-electron chi connectivity index (χ2n) is 4.25. The molecule has 1 heterocycles. The number of aromatic amines is 1. The van der Waals surface area contributed by atoms with Crippen LogP contribution in [0.1, 0.15) is 26.2 Å². The standard InChI is InChI=1S/C14H21N3O2S/c1-15-20(18,19)10-11-4-5-14-13(8-11)12(9-16-14)6-7-17(2)3/h4-5,8-9,15-16H,6-7,10H2,1-3H3/i1D3,4D,5D,6D2,8D,9D,10D2. The minimum absolute atomic E-state index is 0.248. The Morgan fingerprint density at radius 3 is 3.00 bits per heavy atom. The smallest absolute Gasteiger partial charge is 0.215 e. The molecule has 2 N–H and O–H groups in total. The molecule has 1 aromatic carbocycles. The zero-order chi connectivity index (χ0) is 24.3. The van der Waals surface area contributed by atoms with Crippen LogP contribution in [0.3, 0.4) is 0 Å². The number of aromatic nitrogens is 1. The van der Waals surface area contributed by atoms with Crippen LogP contribution < -0.4 is 4.72 Å². The summed E-state index contributed by atoms with van der Waals surface area (Å²) in [6.45, 7) is -3.54. The van der Waals surface area contributed by atoms with Crippen LogP contribution in [0.2, 0.25) is 0 Å². The van der Waals surface area contributed by atoms with E-state index < -0.39 is 69.9 Å². The van der Waals surface area contributed by atoms with Crippen molar-refractivity contribution in [1.29, 1.82) is 0 Å². The van der Waals surface area contributed by atoms with Crippen molar-refractivity contribution in [2.24, 2.45) is 0 Å². The molecule has 0 atom stereocenters. The lowest BCUT2D eigenvalue weighted by Gasteiger charge is -2.08. The summed E-state index contributed by atoms with van der Waals surface area (Å²) in [6.07, 6.45) is -2.77. The molecule has 0 aliphatic heterocycles. The molecule has 6 heteroatoms. The van der Waals surface area contributed by atoms with Gasteiger partial charge in [0.1, 0.15) is 0 Å². The molecule has 5 nitrogen and oxygen atoms in total. The van der Waals surface area contributed by atoms with Gasteiger partial charge < -0.3 is 9.88 Å². The van der Waals surface area contributed by atoms with Crippen molar-refractivity contribution in [2.75, 3.05) is 27.6 Å². The molecule has 0 saturated carbocycles. The molecule has 20 heavy (non-hydrogen) atoms. The average Bonchev–Trinajstić information content (AvgIpc) is 2.87. The molecule has 0 aliphatic carbocycles. The monoisotopic (exact) mass is 306 g/mol. The highest BCUT2D eigenvalue weighted by molar-refractivity contribution is 7.88. The number of likely N-dealkylation sites (N-methyl/N-ethyl adjacent to an activating group) is 1. The molecule has 2 aromatic rings. The van der Waals surface area contributed by atoms with Gasteiger partial charge in [0, 0.05) is 33.2 Å². The number of benzene rings is 1. The summed E-state index contributed by atoms with van der Waals surface area (Å²) in [5, 5.41) is -0.416. The summed E-state index contributed by atoms with van der Waals surface area (Å²) in [7, 11) is -2.20. The van der Waals surface area contributed by atoms with Crippen LogP contribution in [0.4, 0.5) is 0 Å². The number of nitrogens with zero attached hydrogens (tertiary/aromatic N) is 1. The van der Waals surface area contributed by atoms with Crippen molar-refractivity contribution in [3.05, 3.63) is 35.4 Å². The Balaban J connectivity index is 2.95. The maximum Gasteiger partial charge on any atom is 0.215 e. The van der Waals surface area contributed by atoms with Gasteiger partial charge in [-0.05, 0) is 50.7 Å². The fraction of sp³-hybridized carbons (Fsp3) is 0.429. The average molecular weight is 306 g/mol. The van der Waals surface area contributed by atoms with Crippen molar-refractivity contribution >= 4 is 20.9 Å². The fourth-order valence-electron chi connectivity index (χ4n) is 1.46. The first-order valence-corrected chi connectivity index (χ1v) is 7.04. The third-order valence-corrected chi connectivity index (χ3v) is 3.06. The van der Waals surface area contributed by atoms with E-state index in [1.54, 1.807) is 14.1 Å². The molecule has 0 fully saturated rings. The summed E-state index contributed by atoms with van der Waals surface area (Å²) >= 11 is 0. The Morgan fingerprint density at radius 1 is 1.50 bits per heavy atom. The van der Waals surface area contributed by atoms with Crippen molar-refractivity contribution < 1.29 is 23.5 Å². The molecule has 1 aromatic heterocycles. The zero-order valence-corrected chi connectivity index (χ0v) is 11.7. The van der Waals surface area contributed by atoms with Gasteiger partial charge in [-0.15, -0.1) is 0 Å². The normalized spacial score (nSPS) is 22.4. The van der Waals surface area contributed by atoms with E-state index in [1.165, 1.54) is 9.62 Å². The molecule has 0 unspecified atom stereocenters. The van der Waals surface area contributed by atoms with E-state index in [1.807, 2.05) is 0 Å². The number of sulfonamides is 1. The molecule has 0 amide bonds. The van der Waals surface area contributed by atoms with Crippen LogP contribution in [0.5, 0.6) is 0 Å². The first kappa shape index (κ1) is 6.17. The second-order valence-corrected chi connectivity index (χ2v) is 5.66. The van der Waals surface area contributed by atoms with Crippen molar-refractivity contribution in [3.8, 4) is 0 Å². The van der Waals surface area contributed by atoms with Gasteiger partial charge in [-0.25, -0.2) is 13.1 Å². The van der Waals surface area contributed by atoms with E-state index in [4.69, 9.17) is 15.1 Å². The minimum Gasteiger partial charge on any atom is -0.361 e. The molecule has 110 valence electrons. The third kappa shape index (κ3) is 3.59. The van der Waals surface area contributed by atoms with Crippen LogP contribution in [-0.2, 0) is 22.1 Å². The number of hydrogen-bond donors (Lipinski definition) is 2. The predicted molar refractivity (Wildman–Crippen MR) is 82.2 cm³/mol. The van der Waals surface area contributed by atoms with Crippen LogP contribution in [0, 0.1) is 0 Å². The van der Waals surface area contributed by atoms with E-state index in [0.717, 1.165) is 0 Å². The number of H-pyrrole nitrogens is 1. The molecule has 0 aliphatic rings. The van der Waals surface area contributed by atoms with E-state index in [9.17, 15) is 8.42 Å². The Labute approximate surface area is 135 Å². The number of nitrogens with one attached hydrogen (secondary N) is 2. The lowest BCUT2D eigenvalue weighted by molar-refractivity contribution is 0.414. The van der Waals surface area contributed by atoms with Gasteiger partial charge >= 0.3 is 0 Å². The zero-order valence-electron chi connectivity index (χ0n) is 21.9. The van der Waals surface area contributed by atoms with Crippen molar-refractivity contribution in [3.63, 3.8) is 0 Å². The summed E-state index contributed by atoms with van der Waals surface area (Å²) in [5.41, 5.74) is -5.43. The lowest BCUT2D eigenvalue weighted by atomic mass is 10.1. The molecule has 0 saturated heterocycles. The third-order valence-electron chi connectivity index (χ3n) is 2.32. The van der Waals surface area contributed by atoms with Crippen LogP contribution >= 0.6 is 0 Å². The summed E-state index contributed by atoms with van der Waals surface area (Å²) in [4.78, 5) is 3.88. The Bertz CT molecular complexity index is 1120. The molecule has 2 rings (SSSR count). The molecule has 0 radical (unpaired) electrons. The van der Waals surface area contributed by atoms with Gasteiger partial charge in [0.2, 0.25) is 10.0 Å². The lowest BCUT2D eigenvalue weighted by Crippen LogP contribution is -2.20. The Morgan fingerprint density at radius 2 is 2.30 bits per heavy atom. The van der Waals surface area contributed by atoms with Crippen molar-refractivity contribution in [2.45, 2.75) is 12.1 Å². The first-order chi connectivity index (χ1) is 13.7. The minimum atomic E-state index is -5.32. The van der Waals surface area contributed by atoms with Crippen LogP contribution in [0.25, 0.3) is 10.9 Å². The van der Waals surface area contributed by atoms with E-state index in [-0.39, 0.29) is 12.1 Å². The van der Waals surface area contributed by atoms with Gasteiger partial charge in [-0.3, -0.25) is 0 Å². The maximum atomic E-state index is 12.5. The van der Waals surface area contributed by atoms with E-state index in [0.29, 0.717) is 0 Å². The summed E-state index contributed by atoms with van der Waals surface area (Å²) < 4.78 is 113. The largest absolute Gasteiger partial charge is 0.361 e. The summed E-state index contributed by atoms with van der Waals surface area (Å²) in [6, 6.07) is -2.68. The SMILES string of the molecule is [2H]c1[nH]c2c([2H])c([2H])c(C([2H])([2H])S(=O)(=O)NC([2H])([2H])[2H])c([2H])c2c1C([2H])([2H])CN(C)C. The highest BCUT2D eigenvalue weighted by Crippen LogP contribution is 2.21. The fourth-order valence-corrected chi connectivity index (χ4v) is 1.88.